The first-order valence-corrected chi connectivity index (χ1v) is 7.22. The van der Waals surface area contributed by atoms with Gasteiger partial charge in [0.25, 0.3) is 0 Å². The van der Waals surface area contributed by atoms with Crippen LogP contribution in [0.3, 0.4) is 0 Å². The number of hydrogen-bond acceptors (Lipinski definition) is 2. The molecule has 1 N–H and O–H groups in total. The number of nitrogens with one attached hydrogen (secondary N) is 1. The molecule has 1 aromatic rings. The van der Waals surface area contributed by atoms with E-state index in [9.17, 15) is 8.42 Å². The SMILES string of the molecule is CCCS(=O)(=O)Nc1cc(Cl)ccc1Br. The molecule has 0 radical (unpaired) electrons. The summed E-state index contributed by atoms with van der Waals surface area (Å²) in [5.74, 6) is 0.103. The van der Waals surface area contributed by atoms with Gasteiger partial charge >= 0.3 is 0 Å². The highest BCUT2D eigenvalue weighted by Crippen LogP contribution is 2.26. The van der Waals surface area contributed by atoms with Crippen LogP contribution in [0.25, 0.3) is 0 Å². The van der Waals surface area contributed by atoms with E-state index in [0.717, 1.165) is 0 Å². The number of halogens is 2. The first-order valence-electron chi connectivity index (χ1n) is 4.40. The normalized spacial score (nSPS) is 11.4. The summed E-state index contributed by atoms with van der Waals surface area (Å²) < 4.78 is 26.1. The quantitative estimate of drug-likeness (QED) is 0.927. The third-order valence-electron chi connectivity index (χ3n) is 1.67. The maximum absolute atomic E-state index is 11.5. The fourth-order valence-electron chi connectivity index (χ4n) is 1.06. The van der Waals surface area contributed by atoms with Crippen molar-refractivity contribution in [3.63, 3.8) is 0 Å². The van der Waals surface area contributed by atoms with Gasteiger partial charge in [0.1, 0.15) is 0 Å². The van der Waals surface area contributed by atoms with Crippen molar-refractivity contribution in [2.45, 2.75) is 13.3 Å². The van der Waals surface area contributed by atoms with Crippen molar-refractivity contribution in [3.8, 4) is 0 Å². The molecule has 0 amide bonds. The summed E-state index contributed by atoms with van der Waals surface area (Å²) in [6.07, 6.45) is 0.577. The van der Waals surface area contributed by atoms with E-state index in [0.29, 0.717) is 21.6 Å². The molecular weight excluding hydrogens is 302 g/mol. The van der Waals surface area contributed by atoms with Crippen LogP contribution in [-0.4, -0.2) is 14.2 Å². The molecule has 1 rings (SSSR count). The van der Waals surface area contributed by atoms with Crippen molar-refractivity contribution in [1.82, 2.24) is 0 Å². The van der Waals surface area contributed by atoms with Crippen LogP contribution in [0.2, 0.25) is 5.02 Å². The second-order valence-corrected chi connectivity index (χ2v) is 6.18. The Bertz CT molecular complexity index is 447. The third kappa shape index (κ3) is 4.01. The molecule has 0 aliphatic heterocycles. The van der Waals surface area contributed by atoms with Crippen molar-refractivity contribution >= 4 is 43.2 Å². The van der Waals surface area contributed by atoms with E-state index in [1.807, 2.05) is 6.92 Å². The molecule has 84 valence electrons. The van der Waals surface area contributed by atoms with Crippen LogP contribution in [0, 0.1) is 0 Å². The van der Waals surface area contributed by atoms with Gasteiger partial charge in [0.2, 0.25) is 10.0 Å². The lowest BCUT2D eigenvalue weighted by Crippen LogP contribution is -2.16. The largest absolute Gasteiger partial charge is 0.282 e. The van der Waals surface area contributed by atoms with E-state index in [1.54, 1.807) is 18.2 Å². The van der Waals surface area contributed by atoms with Gasteiger partial charge in [-0.2, -0.15) is 0 Å². The van der Waals surface area contributed by atoms with Crippen molar-refractivity contribution in [2.75, 3.05) is 10.5 Å². The minimum absolute atomic E-state index is 0.103. The van der Waals surface area contributed by atoms with Gasteiger partial charge in [-0.15, -0.1) is 0 Å². The van der Waals surface area contributed by atoms with Crippen LogP contribution in [0.5, 0.6) is 0 Å². The Balaban J connectivity index is 2.94. The van der Waals surface area contributed by atoms with Crippen LogP contribution in [-0.2, 0) is 10.0 Å². The molecule has 0 aliphatic rings. The van der Waals surface area contributed by atoms with Gasteiger partial charge in [-0.3, -0.25) is 4.72 Å². The Kier molecular flexibility index (Phi) is 4.43. The summed E-state index contributed by atoms with van der Waals surface area (Å²) in [6, 6.07) is 4.95. The molecule has 0 unspecified atom stereocenters. The Morgan fingerprint density at radius 1 is 1.47 bits per heavy atom. The van der Waals surface area contributed by atoms with Crippen LogP contribution >= 0.6 is 27.5 Å². The lowest BCUT2D eigenvalue weighted by molar-refractivity contribution is 0.600. The molecule has 0 aliphatic carbocycles. The fraction of sp³-hybridized carbons (Fsp3) is 0.333. The minimum atomic E-state index is -3.26. The van der Waals surface area contributed by atoms with Crippen molar-refractivity contribution in [3.05, 3.63) is 27.7 Å². The highest BCUT2D eigenvalue weighted by Gasteiger charge is 2.11. The molecule has 0 fully saturated rings. The summed E-state index contributed by atoms with van der Waals surface area (Å²) in [5, 5.41) is 0.493. The molecule has 0 heterocycles. The average Bonchev–Trinajstić information content (AvgIpc) is 2.10. The predicted octanol–water partition coefficient (Wildman–Crippen LogP) is 3.25. The van der Waals surface area contributed by atoms with Crippen LogP contribution < -0.4 is 4.72 Å². The van der Waals surface area contributed by atoms with E-state index in [1.165, 1.54) is 0 Å². The van der Waals surface area contributed by atoms with E-state index in [2.05, 4.69) is 20.7 Å². The van der Waals surface area contributed by atoms with Gasteiger partial charge in [0.15, 0.2) is 0 Å². The third-order valence-corrected chi connectivity index (χ3v) is 4.07. The Morgan fingerprint density at radius 3 is 2.73 bits per heavy atom. The first-order chi connectivity index (χ1) is 6.94. The topological polar surface area (TPSA) is 46.2 Å². The van der Waals surface area contributed by atoms with Crippen LogP contribution in [0.15, 0.2) is 22.7 Å². The Hall–Kier alpha value is -0.260. The van der Waals surface area contributed by atoms with Gasteiger partial charge < -0.3 is 0 Å². The van der Waals surface area contributed by atoms with Gasteiger partial charge in [0, 0.05) is 9.50 Å². The summed E-state index contributed by atoms with van der Waals surface area (Å²) >= 11 is 9.02. The van der Waals surface area contributed by atoms with Crippen molar-refractivity contribution in [1.29, 1.82) is 0 Å². The molecule has 15 heavy (non-hydrogen) atoms. The predicted molar refractivity (Wildman–Crippen MR) is 66.9 cm³/mol. The minimum Gasteiger partial charge on any atom is -0.282 e. The standard InChI is InChI=1S/C9H11BrClNO2S/c1-2-5-15(13,14)12-9-6-7(11)3-4-8(9)10/h3-4,6,12H,2,5H2,1H3. The molecule has 3 nitrogen and oxygen atoms in total. The zero-order chi connectivity index (χ0) is 11.5. The van der Waals surface area contributed by atoms with E-state index in [4.69, 9.17) is 11.6 Å². The molecular formula is C9H11BrClNO2S. The average molecular weight is 313 g/mol. The Morgan fingerprint density at radius 2 is 2.13 bits per heavy atom. The van der Waals surface area contributed by atoms with Crippen LogP contribution in [0.1, 0.15) is 13.3 Å². The number of rotatable bonds is 4. The number of hydrogen-bond donors (Lipinski definition) is 1. The summed E-state index contributed by atoms with van der Waals surface area (Å²) in [6.45, 7) is 1.81. The number of anilines is 1. The molecule has 0 bridgehead atoms. The van der Waals surface area contributed by atoms with Crippen molar-refractivity contribution < 1.29 is 8.42 Å². The lowest BCUT2D eigenvalue weighted by Gasteiger charge is -2.08. The van der Waals surface area contributed by atoms with Gasteiger partial charge in [-0.25, -0.2) is 8.42 Å². The van der Waals surface area contributed by atoms with E-state index in [-0.39, 0.29) is 5.75 Å². The van der Waals surface area contributed by atoms with E-state index < -0.39 is 10.0 Å². The monoisotopic (exact) mass is 311 g/mol. The molecule has 0 aromatic heterocycles. The van der Waals surface area contributed by atoms with Gasteiger partial charge in [-0.1, -0.05) is 18.5 Å². The second kappa shape index (κ2) is 5.18. The molecule has 0 spiro atoms. The highest BCUT2D eigenvalue weighted by molar-refractivity contribution is 9.10. The zero-order valence-electron chi connectivity index (χ0n) is 8.13. The molecule has 6 heteroatoms. The summed E-state index contributed by atoms with van der Waals surface area (Å²) in [4.78, 5) is 0. The molecule has 0 saturated heterocycles. The fourth-order valence-corrected chi connectivity index (χ4v) is 2.86. The lowest BCUT2D eigenvalue weighted by atomic mass is 10.3. The number of benzene rings is 1. The summed E-state index contributed by atoms with van der Waals surface area (Å²) in [7, 11) is -3.26. The smallest absolute Gasteiger partial charge is 0.232 e. The van der Waals surface area contributed by atoms with Crippen LogP contribution in [0.4, 0.5) is 5.69 Å². The zero-order valence-corrected chi connectivity index (χ0v) is 11.3. The molecule has 0 atom stereocenters. The highest BCUT2D eigenvalue weighted by atomic mass is 79.9. The maximum atomic E-state index is 11.5. The molecule has 0 saturated carbocycles. The van der Waals surface area contributed by atoms with Gasteiger partial charge in [-0.05, 0) is 40.5 Å². The van der Waals surface area contributed by atoms with Crippen molar-refractivity contribution in [2.24, 2.45) is 0 Å². The first kappa shape index (κ1) is 12.8. The van der Waals surface area contributed by atoms with E-state index >= 15 is 0 Å². The van der Waals surface area contributed by atoms with Gasteiger partial charge in [0.05, 0.1) is 11.4 Å². The molecule has 1 aromatic carbocycles. The summed E-state index contributed by atoms with van der Waals surface area (Å²) in [5.41, 5.74) is 0.468. The number of sulfonamides is 1. The maximum Gasteiger partial charge on any atom is 0.232 e. The second-order valence-electron chi connectivity index (χ2n) is 3.05. The Labute approximate surface area is 103 Å².